The van der Waals surface area contributed by atoms with Crippen molar-refractivity contribution in [1.29, 1.82) is 0 Å². The van der Waals surface area contributed by atoms with Gasteiger partial charge >= 0.3 is 0 Å². The van der Waals surface area contributed by atoms with Crippen LogP contribution in [0.3, 0.4) is 0 Å². The molecule has 18 heavy (non-hydrogen) atoms. The second kappa shape index (κ2) is 7.74. The minimum Gasteiger partial charge on any atom is -0.383 e. The number of methoxy groups -OCH3 is 1. The van der Waals surface area contributed by atoms with Gasteiger partial charge in [0.25, 0.3) is 0 Å². The zero-order valence-electron chi connectivity index (χ0n) is 12.1. The van der Waals surface area contributed by atoms with Crippen LogP contribution in [0.4, 0.5) is 0 Å². The molecule has 0 aromatic heterocycles. The van der Waals surface area contributed by atoms with Crippen LogP contribution in [0.2, 0.25) is 0 Å². The van der Waals surface area contributed by atoms with Crippen LogP contribution in [-0.2, 0) is 9.53 Å². The van der Waals surface area contributed by atoms with Gasteiger partial charge in [0.15, 0.2) is 0 Å². The number of nitrogens with one attached hydrogen (secondary N) is 2. The van der Waals surface area contributed by atoms with Gasteiger partial charge < -0.3 is 15.4 Å². The van der Waals surface area contributed by atoms with E-state index in [0.29, 0.717) is 18.6 Å². The SMILES string of the molecule is CCC1(CNCC(=O)NC(C)COC)CCCC1. The van der Waals surface area contributed by atoms with Crippen molar-refractivity contribution in [2.75, 3.05) is 26.8 Å². The standard InChI is InChI=1S/C14H28N2O2/c1-4-14(7-5-6-8-14)11-15-9-13(17)16-12(2)10-18-3/h12,15H,4-11H2,1-3H3,(H,16,17). The van der Waals surface area contributed by atoms with Gasteiger partial charge in [0.1, 0.15) is 0 Å². The first kappa shape index (κ1) is 15.4. The number of carbonyl (C=O) groups excluding carboxylic acids is 1. The molecule has 4 heteroatoms. The number of carbonyl (C=O) groups is 1. The second-order valence-electron chi connectivity index (χ2n) is 5.59. The van der Waals surface area contributed by atoms with E-state index in [1.807, 2.05) is 6.92 Å². The highest BCUT2D eigenvalue weighted by atomic mass is 16.5. The molecular formula is C14H28N2O2. The van der Waals surface area contributed by atoms with Gasteiger partial charge in [-0.05, 0) is 31.6 Å². The average Bonchev–Trinajstić information content (AvgIpc) is 2.78. The third-order valence-electron chi connectivity index (χ3n) is 4.02. The molecule has 1 fully saturated rings. The Hall–Kier alpha value is -0.610. The van der Waals surface area contributed by atoms with E-state index in [-0.39, 0.29) is 11.9 Å². The van der Waals surface area contributed by atoms with E-state index < -0.39 is 0 Å². The zero-order chi connectivity index (χ0) is 13.4. The lowest BCUT2D eigenvalue weighted by molar-refractivity contribution is -0.121. The monoisotopic (exact) mass is 256 g/mol. The van der Waals surface area contributed by atoms with Crippen molar-refractivity contribution in [3.05, 3.63) is 0 Å². The summed E-state index contributed by atoms with van der Waals surface area (Å²) in [6, 6.07) is 0.0796. The smallest absolute Gasteiger partial charge is 0.234 e. The molecule has 106 valence electrons. The molecule has 0 spiro atoms. The number of hydrogen-bond acceptors (Lipinski definition) is 3. The normalized spacial score (nSPS) is 19.7. The third-order valence-corrected chi connectivity index (χ3v) is 4.02. The molecular weight excluding hydrogens is 228 g/mol. The lowest BCUT2D eigenvalue weighted by atomic mass is 9.83. The maximum atomic E-state index is 11.7. The van der Waals surface area contributed by atoms with Crippen molar-refractivity contribution >= 4 is 5.91 Å². The molecule has 0 aromatic carbocycles. The van der Waals surface area contributed by atoms with E-state index in [2.05, 4.69) is 17.6 Å². The van der Waals surface area contributed by atoms with Crippen LogP contribution >= 0.6 is 0 Å². The molecule has 1 unspecified atom stereocenters. The predicted octanol–water partition coefficient (Wildman–Crippen LogP) is 1.70. The summed E-state index contributed by atoms with van der Waals surface area (Å²) in [7, 11) is 1.64. The Labute approximate surface area is 111 Å². The minimum atomic E-state index is 0.0591. The molecule has 0 bridgehead atoms. The van der Waals surface area contributed by atoms with Crippen molar-refractivity contribution in [3.8, 4) is 0 Å². The molecule has 4 nitrogen and oxygen atoms in total. The molecule has 1 aliphatic rings. The summed E-state index contributed by atoms with van der Waals surface area (Å²) >= 11 is 0. The van der Waals surface area contributed by atoms with E-state index >= 15 is 0 Å². The van der Waals surface area contributed by atoms with Crippen LogP contribution in [0.1, 0.15) is 46.0 Å². The van der Waals surface area contributed by atoms with Gasteiger partial charge in [-0.25, -0.2) is 0 Å². The van der Waals surface area contributed by atoms with Gasteiger partial charge in [0.2, 0.25) is 5.91 Å². The van der Waals surface area contributed by atoms with E-state index in [1.165, 1.54) is 32.1 Å². The summed E-state index contributed by atoms with van der Waals surface area (Å²) in [6.45, 7) is 6.15. The summed E-state index contributed by atoms with van der Waals surface area (Å²) in [5.74, 6) is 0.0591. The Balaban J connectivity index is 2.18. The maximum Gasteiger partial charge on any atom is 0.234 e. The number of hydrogen-bond donors (Lipinski definition) is 2. The Morgan fingerprint density at radius 1 is 1.39 bits per heavy atom. The Kier molecular flexibility index (Phi) is 6.65. The van der Waals surface area contributed by atoms with Crippen LogP contribution in [-0.4, -0.2) is 38.8 Å². The van der Waals surface area contributed by atoms with E-state index in [1.54, 1.807) is 7.11 Å². The molecule has 0 saturated heterocycles. The lowest BCUT2D eigenvalue weighted by Gasteiger charge is -2.27. The third kappa shape index (κ3) is 4.94. The number of rotatable bonds is 8. The van der Waals surface area contributed by atoms with Gasteiger partial charge in [0.05, 0.1) is 13.2 Å². The van der Waals surface area contributed by atoms with Crippen molar-refractivity contribution in [1.82, 2.24) is 10.6 Å². The van der Waals surface area contributed by atoms with Gasteiger partial charge in [-0.15, -0.1) is 0 Å². The van der Waals surface area contributed by atoms with E-state index in [0.717, 1.165) is 6.54 Å². The number of ether oxygens (including phenoxy) is 1. The van der Waals surface area contributed by atoms with Crippen molar-refractivity contribution in [3.63, 3.8) is 0 Å². The van der Waals surface area contributed by atoms with Crippen LogP contribution in [0.25, 0.3) is 0 Å². The first-order valence-electron chi connectivity index (χ1n) is 7.11. The molecule has 0 aromatic rings. The molecule has 1 amide bonds. The van der Waals surface area contributed by atoms with Gasteiger partial charge in [-0.1, -0.05) is 19.8 Å². The average molecular weight is 256 g/mol. The topological polar surface area (TPSA) is 50.4 Å². The highest BCUT2D eigenvalue weighted by Gasteiger charge is 2.31. The fraction of sp³-hybridized carbons (Fsp3) is 0.929. The Morgan fingerprint density at radius 2 is 2.06 bits per heavy atom. The van der Waals surface area contributed by atoms with E-state index in [4.69, 9.17) is 4.74 Å². The molecule has 1 saturated carbocycles. The molecule has 0 heterocycles. The van der Waals surface area contributed by atoms with E-state index in [9.17, 15) is 4.79 Å². The molecule has 0 radical (unpaired) electrons. The minimum absolute atomic E-state index is 0.0591. The summed E-state index contributed by atoms with van der Waals surface area (Å²) in [4.78, 5) is 11.7. The molecule has 1 aliphatic carbocycles. The first-order valence-corrected chi connectivity index (χ1v) is 7.11. The summed E-state index contributed by atoms with van der Waals surface area (Å²) < 4.78 is 4.99. The lowest BCUT2D eigenvalue weighted by Crippen LogP contribution is -2.43. The van der Waals surface area contributed by atoms with Crippen LogP contribution in [0, 0.1) is 5.41 Å². The zero-order valence-corrected chi connectivity index (χ0v) is 12.1. The highest BCUT2D eigenvalue weighted by Crippen LogP contribution is 2.40. The maximum absolute atomic E-state index is 11.7. The van der Waals surface area contributed by atoms with Crippen LogP contribution in [0.15, 0.2) is 0 Å². The van der Waals surface area contributed by atoms with Crippen LogP contribution < -0.4 is 10.6 Å². The van der Waals surface area contributed by atoms with Gasteiger partial charge in [-0.2, -0.15) is 0 Å². The van der Waals surface area contributed by atoms with Crippen molar-refractivity contribution in [2.24, 2.45) is 5.41 Å². The summed E-state index contributed by atoms with van der Waals surface area (Å²) in [6.07, 6.45) is 6.50. The fourth-order valence-electron chi connectivity index (χ4n) is 2.84. The second-order valence-corrected chi connectivity index (χ2v) is 5.59. The molecule has 1 atom stereocenters. The first-order chi connectivity index (χ1) is 8.62. The Bertz CT molecular complexity index is 250. The Morgan fingerprint density at radius 3 is 2.61 bits per heavy atom. The fourth-order valence-corrected chi connectivity index (χ4v) is 2.84. The summed E-state index contributed by atoms with van der Waals surface area (Å²) in [5, 5.41) is 6.22. The molecule has 0 aliphatic heterocycles. The van der Waals surface area contributed by atoms with Crippen molar-refractivity contribution in [2.45, 2.75) is 52.0 Å². The largest absolute Gasteiger partial charge is 0.383 e. The molecule has 1 rings (SSSR count). The van der Waals surface area contributed by atoms with Gasteiger partial charge in [0, 0.05) is 19.7 Å². The quantitative estimate of drug-likeness (QED) is 0.695. The highest BCUT2D eigenvalue weighted by molar-refractivity contribution is 5.78. The predicted molar refractivity (Wildman–Crippen MR) is 73.5 cm³/mol. The van der Waals surface area contributed by atoms with Crippen molar-refractivity contribution < 1.29 is 9.53 Å². The number of amides is 1. The van der Waals surface area contributed by atoms with Crippen LogP contribution in [0.5, 0.6) is 0 Å². The van der Waals surface area contributed by atoms with Gasteiger partial charge in [-0.3, -0.25) is 4.79 Å². The summed E-state index contributed by atoms with van der Waals surface area (Å²) in [5.41, 5.74) is 0.443. The molecule has 2 N–H and O–H groups in total.